The third kappa shape index (κ3) is 6.42. The standard InChI is InChI=1S/C33H31F2N7O4S/c1-39(16-17-40-15-5-9-27(40)43)18-23-28-30(44)42(26-8-2-3-14-37-26)33(46)41(19-22-24(34)6-4-7-25(22)35)31(28)47-29(23)20-10-12-21(13-11-20)38-32(36)45/h2-4,6-8,10-14H,5,9,15-19H2,1H3,(H3,36,38,45). The number of thiophene rings is 1. The molecule has 1 aliphatic heterocycles. The van der Waals surface area contributed by atoms with Crippen molar-refractivity contribution < 1.29 is 18.4 Å². The quantitative estimate of drug-likeness (QED) is 0.231. The van der Waals surface area contributed by atoms with Crippen LogP contribution in [0.4, 0.5) is 19.3 Å². The topological polar surface area (TPSA) is 136 Å². The normalized spacial score (nSPS) is 13.2. The summed E-state index contributed by atoms with van der Waals surface area (Å²) < 4.78 is 32.0. The maximum absolute atomic E-state index is 15.0. The highest BCUT2D eigenvalue weighted by Gasteiger charge is 2.26. The van der Waals surface area contributed by atoms with Gasteiger partial charge >= 0.3 is 11.7 Å². The van der Waals surface area contributed by atoms with Crippen LogP contribution in [0.15, 0.2) is 76.4 Å². The monoisotopic (exact) mass is 659 g/mol. The third-order valence-corrected chi connectivity index (χ3v) is 9.40. The first-order chi connectivity index (χ1) is 22.6. The van der Waals surface area contributed by atoms with E-state index in [1.807, 2.05) is 16.8 Å². The lowest BCUT2D eigenvalue weighted by Gasteiger charge is -2.22. The molecule has 3 aromatic heterocycles. The first kappa shape index (κ1) is 31.8. The fourth-order valence-corrected chi connectivity index (χ4v) is 7.05. The molecule has 3 N–H and O–H groups in total. The number of nitrogens with one attached hydrogen (secondary N) is 1. The molecule has 2 aromatic carbocycles. The van der Waals surface area contributed by atoms with Gasteiger partial charge in [0.1, 0.15) is 22.3 Å². The summed E-state index contributed by atoms with van der Waals surface area (Å²) in [4.78, 5) is 61.0. The first-order valence-electron chi connectivity index (χ1n) is 14.9. The van der Waals surface area contributed by atoms with Crippen LogP contribution in [0.3, 0.4) is 0 Å². The number of amides is 3. The van der Waals surface area contributed by atoms with E-state index in [-0.39, 0.29) is 34.0 Å². The summed E-state index contributed by atoms with van der Waals surface area (Å²) in [6.07, 6.45) is 2.79. The minimum absolute atomic E-state index is 0.0636. The van der Waals surface area contributed by atoms with E-state index in [0.717, 1.165) is 34.5 Å². The summed E-state index contributed by atoms with van der Waals surface area (Å²) >= 11 is 1.15. The molecule has 3 amide bonds. The van der Waals surface area contributed by atoms with E-state index in [9.17, 15) is 28.0 Å². The number of nitrogens with zero attached hydrogens (tertiary/aromatic N) is 5. The van der Waals surface area contributed by atoms with Gasteiger partial charge in [-0.05, 0) is 61.0 Å². The summed E-state index contributed by atoms with van der Waals surface area (Å²) in [7, 11) is 1.87. The Morgan fingerprint density at radius 1 is 1.02 bits per heavy atom. The van der Waals surface area contributed by atoms with Gasteiger partial charge in [0.05, 0.1) is 11.9 Å². The largest absolute Gasteiger partial charge is 0.351 e. The predicted molar refractivity (Wildman–Crippen MR) is 176 cm³/mol. The Labute approximate surface area is 271 Å². The molecular formula is C33H31F2N7O4S. The van der Waals surface area contributed by atoms with Gasteiger partial charge < -0.3 is 20.9 Å². The molecule has 6 rings (SSSR count). The fourth-order valence-electron chi connectivity index (χ4n) is 5.75. The highest BCUT2D eigenvalue weighted by molar-refractivity contribution is 7.22. The van der Waals surface area contributed by atoms with Crippen LogP contribution in [0, 0.1) is 11.6 Å². The van der Waals surface area contributed by atoms with E-state index in [0.29, 0.717) is 47.7 Å². The second kappa shape index (κ2) is 13.3. The van der Waals surface area contributed by atoms with Crippen molar-refractivity contribution in [3.05, 3.63) is 110 Å². The van der Waals surface area contributed by atoms with Crippen LogP contribution in [-0.4, -0.2) is 62.5 Å². The highest BCUT2D eigenvalue weighted by atomic mass is 32.1. The van der Waals surface area contributed by atoms with Crippen LogP contribution in [0.1, 0.15) is 24.0 Å². The van der Waals surface area contributed by atoms with Crippen LogP contribution >= 0.6 is 11.3 Å². The lowest BCUT2D eigenvalue weighted by atomic mass is 10.1. The van der Waals surface area contributed by atoms with Crippen molar-refractivity contribution in [2.75, 3.05) is 32.0 Å². The van der Waals surface area contributed by atoms with Crippen molar-refractivity contribution in [2.24, 2.45) is 5.73 Å². The van der Waals surface area contributed by atoms with Gasteiger partial charge in [-0.25, -0.2) is 27.9 Å². The number of rotatable bonds is 10. The maximum atomic E-state index is 15.0. The number of carbonyl (C=O) groups excluding carboxylic acids is 2. The zero-order valence-electron chi connectivity index (χ0n) is 25.4. The number of benzene rings is 2. The van der Waals surface area contributed by atoms with E-state index >= 15 is 0 Å². The van der Waals surface area contributed by atoms with Crippen LogP contribution in [0.25, 0.3) is 26.5 Å². The number of hydrogen-bond acceptors (Lipinski definition) is 7. The zero-order chi connectivity index (χ0) is 33.2. The van der Waals surface area contributed by atoms with E-state index in [2.05, 4.69) is 10.3 Å². The highest BCUT2D eigenvalue weighted by Crippen LogP contribution is 2.38. The number of primary amides is 1. The lowest BCUT2D eigenvalue weighted by Crippen LogP contribution is -2.40. The molecule has 4 heterocycles. The molecular weight excluding hydrogens is 628 g/mol. The molecule has 1 fully saturated rings. The molecule has 47 heavy (non-hydrogen) atoms. The number of pyridine rings is 1. The molecule has 0 bridgehead atoms. The second-order valence-electron chi connectivity index (χ2n) is 11.3. The summed E-state index contributed by atoms with van der Waals surface area (Å²) in [5.41, 5.74) is 5.25. The van der Waals surface area contributed by atoms with Crippen LogP contribution in [0.2, 0.25) is 0 Å². The third-order valence-electron chi connectivity index (χ3n) is 8.09. The summed E-state index contributed by atoms with van der Waals surface area (Å²) in [5.74, 6) is -1.49. The number of halogens is 2. The Kier molecular flexibility index (Phi) is 8.96. The van der Waals surface area contributed by atoms with E-state index in [4.69, 9.17) is 5.73 Å². The number of urea groups is 1. The van der Waals surface area contributed by atoms with Gasteiger partial charge in [0.2, 0.25) is 5.91 Å². The zero-order valence-corrected chi connectivity index (χ0v) is 26.2. The van der Waals surface area contributed by atoms with Gasteiger partial charge in [-0.2, -0.15) is 0 Å². The first-order valence-corrected chi connectivity index (χ1v) is 15.7. The van der Waals surface area contributed by atoms with Gasteiger partial charge in [0, 0.05) is 54.9 Å². The van der Waals surface area contributed by atoms with Crippen molar-refractivity contribution in [3.8, 4) is 16.3 Å². The minimum Gasteiger partial charge on any atom is -0.351 e. The fraction of sp³-hybridized carbons (Fsp3) is 0.242. The van der Waals surface area contributed by atoms with Crippen LogP contribution in [-0.2, 0) is 17.9 Å². The Balaban J connectivity index is 1.57. The van der Waals surface area contributed by atoms with Gasteiger partial charge in [-0.1, -0.05) is 24.3 Å². The van der Waals surface area contributed by atoms with Gasteiger partial charge in [0.25, 0.3) is 5.56 Å². The number of aromatic nitrogens is 3. The molecule has 1 saturated heterocycles. The van der Waals surface area contributed by atoms with E-state index < -0.39 is 35.5 Å². The van der Waals surface area contributed by atoms with Crippen molar-refractivity contribution in [2.45, 2.75) is 25.9 Å². The molecule has 0 spiro atoms. The maximum Gasteiger partial charge on any atom is 0.338 e. The Morgan fingerprint density at radius 3 is 2.40 bits per heavy atom. The Hall–Kier alpha value is -5.21. The predicted octanol–water partition coefficient (Wildman–Crippen LogP) is 4.15. The molecule has 0 unspecified atom stereocenters. The number of likely N-dealkylation sites (N-methyl/N-ethyl adjacent to an activating group) is 1. The second-order valence-corrected chi connectivity index (χ2v) is 12.3. The molecule has 5 aromatic rings. The van der Waals surface area contributed by atoms with E-state index in [1.54, 1.807) is 36.4 Å². The number of likely N-dealkylation sites (tertiary alicyclic amines) is 1. The molecule has 0 saturated carbocycles. The Bertz CT molecular complexity index is 2070. The van der Waals surface area contributed by atoms with Crippen molar-refractivity contribution >= 4 is 39.2 Å². The minimum atomic E-state index is -0.827. The number of carbonyl (C=O) groups is 2. The molecule has 1 aliphatic rings. The molecule has 0 aliphatic carbocycles. The number of hydrogen-bond donors (Lipinski definition) is 2. The molecule has 242 valence electrons. The van der Waals surface area contributed by atoms with Crippen LogP contribution < -0.4 is 22.3 Å². The Morgan fingerprint density at radius 2 is 1.77 bits per heavy atom. The van der Waals surface area contributed by atoms with Gasteiger partial charge in [-0.3, -0.25) is 14.2 Å². The van der Waals surface area contributed by atoms with Gasteiger partial charge in [-0.15, -0.1) is 11.3 Å². The van der Waals surface area contributed by atoms with Crippen molar-refractivity contribution in [1.29, 1.82) is 0 Å². The summed E-state index contributed by atoms with van der Waals surface area (Å²) in [6, 6.07) is 14.3. The average Bonchev–Trinajstić information content (AvgIpc) is 3.63. The molecule has 0 atom stereocenters. The molecule has 14 heteroatoms. The SMILES string of the molecule is CN(CCN1CCCC1=O)Cc1c(-c2ccc(NC(N)=O)cc2)sc2c1c(=O)n(-c1ccccn1)c(=O)n2Cc1c(F)cccc1F. The molecule has 11 nitrogen and oxygen atoms in total. The van der Waals surface area contributed by atoms with Crippen molar-refractivity contribution in [3.63, 3.8) is 0 Å². The number of fused-ring (bicyclic) bond motifs is 1. The van der Waals surface area contributed by atoms with Crippen molar-refractivity contribution in [1.82, 2.24) is 23.9 Å². The number of anilines is 1. The summed E-state index contributed by atoms with van der Waals surface area (Å²) in [6.45, 7) is 1.49. The average molecular weight is 660 g/mol. The van der Waals surface area contributed by atoms with Crippen LogP contribution in [0.5, 0.6) is 0 Å². The lowest BCUT2D eigenvalue weighted by molar-refractivity contribution is -0.127. The smallest absolute Gasteiger partial charge is 0.338 e. The van der Waals surface area contributed by atoms with Gasteiger partial charge in [0.15, 0.2) is 0 Å². The number of nitrogens with two attached hydrogens (primary N) is 1. The summed E-state index contributed by atoms with van der Waals surface area (Å²) in [5, 5.41) is 2.72. The van der Waals surface area contributed by atoms with E-state index in [1.165, 1.54) is 22.9 Å². The molecule has 0 radical (unpaired) electrons.